The van der Waals surface area contributed by atoms with Crippen molar-refractivity contribution < 1.29 is 0 Å². The van der Waals surface area contributed by atoms with E-state index in [1.807, 2.05) is 7.05 Å². The second kappa shape index (κ2) is 5.23. The first kappa shape index (κ1) is 11.3. The number of nitrogens with one attached hydrogen (secondary N) is 2. The summed E-state index contributed by atoms with van der Waals surface area (Å²) in [6.07, 6.45) is 2.68. The van der Waals surface area contributed by atoms with Gasteiger partial charge in [-0.2, -0.15) is 0 Å². The quantitative estimate of drug-likeness (QED) is 0.778. The molecule has 0 saturated carbocycles. The Morgan fingerprint density at radius 2 is 2.19 bits per heavy atom. The Labute approximate surface area is 99.1 Å². The smallest absolute Gasteiger partial charge is 0.138 e. The third-order valence-electron chi connectivity index (χ3n) is 2.40. The zero-order chi connectivity index (χ0) is 11.4. The Kier molecular flexibility index (Phi) is 3.69. The zero-order valence-electron chi connectivity index (χ0n) is 9.58. The van der Waals surface area contributed by atoms with Crippen LogP contribution in [0.3, 0.4) is 0 Å². The van der Waals surface area contributed by atoms with Gasteiger partial charge in [0.2, 0.25) is 0 Å². The van der Waals surface area contributed by atoms with Gasteiger partial charge in [0.25, 0.3) is 0 Å². The summed E-state index contributed by atoms with van der Waals surface area (Å²) in [5.74, 6) is 0.941. The van der Waals surface area contributed by atoms with Gasteiger partial charge in [-0.1, -0.05) is 6.92 Å². The Morgan fingerprint density at radius 1 is 1.31 bits per heavy atom. The molecule has 0 aliphatic rings. The summed E-state index contributed by atoms with van der Waals surface area (Å²) in [6, 6.07) is 2.18. The molecule has 0 aliphatic heterocycles. The fraction of sp³-hybridized carbons (Fsp3) is 0.455. The highest BCUT2D eigenvalue weighted by Crippen LogP contribution is 2.28. The van der Waals surface area contributed by atoms with E-state index in [0.29, 0.717) is 0 Å². The third-order valence-corrected chi connectivity index (χ3v) is 3.58. The van der Waals surface area contributed by atoms with Crippen LogP contribution in [0.1, 0.15) is 11.8 Å². The lowest BCUT2D eigenvalue weighted by Gasteiger charge is -2.04. The topological polar surface area (TPSA) is 49.8 Å². The average molecular weight is 236 g/mol. The van der Waals surface area contributed by atoms with E-state index in [-0.39, 0.29) is 0 Å². The highest BCUT2D eigenvalue weighted by Gasteiger charge is 2.06. The van der Waals surface area contributed by atoms with Crippen LogP contribution in [0.2, 0.25) is 0 Å². The van der Waals surface area contributed by atoms with Crippen LogP contribution in [-0.4, -0.2) is 30.1 Å². The first-order chi connectivity index (χ1) is 7.85. The summed E-state index contributed by atoms with van der Waals surface area (Å²) in [6.45, 7) is 3.96. The molecule has 2 N–H and O–H groups in total. The van der Waals surface area contributed by atoms with Crippen LogP contribution in [0.4, 0.5) is 5.82 Å². The van der Waals surface area contributed by atoms with Crippen molar-refractivity contribution in [2.75, 3.05) is 25.5 Å². The van der Waals surface area contributed by atoms with Crippen molar-refractivity contribution in [1.82, 2.24) is 15.3 Å². The average Bonchev–Trinajstić information content (AvgIpc) is 2.73. The van der Waals surface area contributed by atoms with E-state index in [1.54, 1.807) is 17.7 Å². The first-order valence-corrected chi connectivity index (χ1v) is 6.28. The lowest BCUT2D eigenvalue weighted by atomic mass is 10.3. The highest BCUT2D eigenvalue weighted by molar-refractivity contribution is 7.18. The maximum Gasteiger partial charge on any atom is 0.138 e. The Bertz CT molecular complexity index is 466. The predicted molar refractivity (Wildman–Crippen MR) is 69.2 cm³/mol. The number of thiophene rings is 1. The van der Waals surface area contributed by atoms with Crippen molar-refractivity contribution in [2.24, 2.45) is 0 Å². The first-order valence-electron chi connectivity index (χ1n) is 5.47. The van der Waals surface area contributed by atoms with Gasteiger partial charge in [0, 0.05) is 18.0 Å². The van der Waals surface area contributed by atoms with Gasteiger partial charge in [-0.25, -0.2) is 9.97 Å². The van der Waals surface area contributed by atoms with Crippen molar-refractivity contribution >= 4 is 27.4 Å². The maximum atomic E-state index is 4.29. The second-order valence-corrected chi connectivity index (χ2v) is 4.65. The fourth-order valence-electron chi connectivity index (χ4n) is 1.53. The van der Waals surface area contributed by atoms with Gasteiger partial charge in [0.15, 0.2) is 0 Å². The molecule has 0 bridgehead atoms. The minimum absolute atomic E-state index is 0.875. The monoisotopic (exact) mass is 236 g/mol. The van der Waals surface area contributed by atoms with Crippen LogP contribution in [0, 0.1) is 0 Å². The number of likely N-dealkylation sites (N-methyl/N-ethyl adjacent to an activating group) is 1. The van der Waals surface area contributed by atoms with Gasteiger partial charge >= 0.3 is 0 Å². The molecule has 16 heavy (non-hydrogen) atoms. The molecule has 0 radical (unpaired) electrons. The molecule has 0 saturated heterocycles. The van der Waals surface area contributed by atoms with Crippen LogP contribution < -0.4 is 10.6 Å². The van der Waals surface area contributed by atoms with E-state index in [4.69, 9.17) is 0 Å². The van der Waals surface area contributed by atoms with Crippen molar-refractivity contribution in [2.45, 2.75) is 13.3 Å². The molecular formula is C11H16N4S. The van der Waals surface area contributed by atoms with Crippen molar-refractivity contribution in [3.05, 3.63) is 17.3 Å². The number of anilines is 1. The number of aryl methyl sites for hydroxylation is 1. The normalized spacial score (nSPS) is 10.9. The number of hydrogen-bond acceptors (Lipinski definition) is 5. The van der Waals surface area contributed by atoms with Gasteiger partial charge in [-0.05, 0) is 19.5 Å². The molecule has 0 aromatic carbocycles. The van der Waals surface area contributed by atoms with E-state index >= 15 is 0 Å². The van der Waals surface area contributed by atoms with E-state index in [2.05, 4.69) is 33.6 Å². The van der Waals surface area contributed by atoms with Gasteiger partial charge < -0.3 is 10.6 Å². The molecule has 0 spiro atoms. The Balaban J connectivity index is 2.26. The SMILES string of the molecule is CCc1cc2c(NCCNC)ncnc2s1. The summed E-state index contributed by atoms with van der Waals surface area (Å²) < 4.78 is 0. The zero-order valence-corrected chi connectivity index (χ0v) is 10.4. The standard InChI is InChI=1S/C11H16N4S/c1-3-8-6-9-10(13-5-4-12-2)14-7-15-11(9)16-8/h6-7,12H,3-5H2,1-2H3,(H,13,14,15). The molecular weight excluding hydrogens is 220 g/mol. The number of nitrogens with zero attached hydrogens (tertiary/aromatic N) is 2. The van der Waals surface area contributed by atoms with E-state index < -0.39 is 0 Å². The molecule has 2 aromatic heterocycles. The van der Waals surface area contributed by atoms with E-state index in [1.165, 1.54) is 4.88 Å². The van der Waals surface area contributed by atoms with Crippen molar-refractivity contribution in [3.8, 4) is 0 Å². The van der Waals surface area contributed by atoms with Crippen LogP contribution in [0.25, 0.3) is 10.2 Å². The molecule has 2 aromatic rings. The number of rotatable bonds is 5. The van der Waals surface area contributed by atoms with Gasteiger partial charge in [0.1, 0.15) is 17.0 Å². The van der Waals surface area contributed by atoms with Gasteiger partial charge in [0.05, 0.1) is 5.39 Å². The molecule has 0 aliphatic carbocycles. The molecule has 5 heteroatoms. The molecule has 0 unspecified atom stereocenters. The summed E-state index contributed by atoms with van der Waals surface area (Å²) >= 11 is 1.74. The molecule has 0 amide bonds. The maximum absolute atomic E-state index is 4.29. The largest absolute Gasteiger partial charge is 0.368 e. The number of aromatic nitrogens is 2. The summed E-state index contributed by atoms with van der Waals surface area (Å²) in [5, 5.41) is 7.56. The van der Waals surface area contributed by atoms with Crippen molar-refractivity contribution in [3.63, 3.8) is 0 Å². The lowest BCUT2D eigenvalue weighted by molar-refractivity contribution is 0.822. The third kappa shape index (κ3) is 2.31. The number of hydrogen-bond donors (Lipinski definition) is 2. The van der Waals surface area contributed by atoms with Gasteiger partial charge in [-0.15, -0.1) is 11.3 Å². The molecule has 2 rings (SSSR count). The summed E-state index contributed by atoms with van der Waals surface area (Å²) in [4.78, 5) is 11.0. The molecule has 86 valence electrons. The minimum Gasteiger partial charge on any atom is -0.368 e. The van der Waals surface area contributed by atoms with Crippen LogP contribution in [0.15, 0.2) is 12.4 Å². The predicted octanol–water partition coefficient (Wildman–Crippen LogP) is 1.88. The molecule has 0 atom stereocenters. The highest BCUT2D eigenvalue weighted by atomic mass is 32.1. The Morgan fingerprint density at radius 3 is 2.94 bits per heavy atom. The molecule has 2 heterocycles. The lowest BCUT2D eigenvalue weighted by Crippen LogP contribution is -2.18. The summed E-state index contributed by atoms with van der Waals surface area (Å²) in [5.41, 5.74) is 0. The van der Waals surface area contributed by atoms with Gasteiger partial charge in [-0.3, -0.25) is 0 Å². The van der Waals surface area contributed by atoms with E-state index in [9.17, 15) is 0 Å². The fourth-order valence-corrected chi connectivity index (χ4v) is 2.46. The van der Waals surface area contributed by atoms with Crippen LogP contribution >= 0.6 is 11.3 Å². The van der Waals surface area contributed by atoms with Crippen LogP contribution in [-0.2, 0) is 6.42 Å². The summed E-state index contributed by atoms with van der Waals surface area (Å²) in [7, 11) is 1.94. The number of fused-ring (bicyclic) bond motifs is 1. The molecule has 0 fully saturated rings. The minimum atomic E-state index is 0.875. The molecule has 4 nitrogen and oxygen atoms in total. The second-order valence-electron chi connectivity index (χ2n) is 3.54. The van der Waals surface area contributed by atoms with E-state index in [0.717, 1.165) is 35.5 Å². The van der Waals surface area contributed by atoms with Crippen LogP contribution in [0.5, 0.6) is 0 Å². The Hall–Kier alpha value is -1.20. The van der Waals surface area contributed by atoms with Crippen molar-refractivity contribution in [1.29, 1.82) is 0 Å².